The fourth-order valence-corrected chi connectivity index (χ4v) is 2.16. The zero-order valence-corrected chi connectivity index (χ0v) is 10.2. The van der Waals surface area contributed by atoms with E-state index < -0.39 is 6.04 Å². The van der Waals surface area contributed by atoms with Gasteiger partial charge in [0.15, 0.2) is 0 Å². The van der Waals surface area contributed by atoms with Gasteiger partial charge in [-0.15, -0.1) is 0 Å². The second-order valence-corrected chi connectivity index (χ2v) is 4.51. The number of hydrogen-bond donors (Lipinski definition) is 2. The van der Waals surface area contributed by atoms with Crippen molar-refractivity contribution < 1.29 is 4.79 Å². The highest BCUT2D eigenvalue weighted by Crippen LogP contribution is 2.12. The molecule has 5 heteroatoms. The molecule has 1 unspecified atom stereocenters. The molecule has 0 saturated heterocycles. The van der Waals surface area contributed by atoms with Crippen LogP contribution in [0, 0.1) is 11.3 Å². The first-order valence-electron chi connectivity index (χ1n) is 5.26. The minimum Gasteiger partial charge on any atom is -0.342 e. The quantitative estimate of drug-likeness (QED) is 0.734. The van der Waals surface area contributed by atoms with Crippen LogP contribution in [0.3, 0.4) is 0 Å². The summed E-state index contributed by atoms with van der Waals surface area (Å²) >= 11 is 1.61. The minimum atomic E-state index is -0.558. The summed E-state index contributed by atoms with van der Waals surface area (Å²) in [5, 5.41) is 10.8. The van der Waals surface area contributed by atoms with Crippen LogP contribution in [0.25, 0.3) is 0 Å². The lowest BCUT2D eigenvalue weighted by atomic mass is 10.2. The Hall–Kier alpha value is -1.51. The molecule has 0 spiro atoms. The van der Waals surface area contributed by atoms with Crippen LogP contribution in [0.15, 0.2) is 30.3 Å². The third-order valence-corrected chi connectivity index (χ3v) is 3.22. The van der Waals surface area contributed by atoms with Crippen molar-refractivity contribution in [3.8, 4) is 6.07 Å². The number of carbonyl (C=O) groups excluding carboxylic acids is 1. The number of hydrogen-bond acceptors (Lipinski definition) is 4. The maximum absolute atomic E-state index is 11.3. The highest BCUT2D eigenvalue weighted by Gasteiger charge is 2.12. The largest absolute Gasteiger partial charge is 0.342 e. The minimum absolute atomic E-state index is 0.00981. The van der Waals surface area contributed by atoms with Gasteiger partial charge in [-0.1, -0.05) is 30.3 Å². The third kappa shape index (κ3) is 5.38. The van der Waals surface area contributed by atoms with Gasteiger partial charge >= 0.3 is 0 Å². The Bertz CT molecular complexity index is 388. The molecule has 0 aromatic heterocycles. The second-order valence-electron chi connectivity index (χ2n) is 3.48. The molecule has 0 bridgehead atoms. The standard InChI is InChI=1S/C12H15N3OS/c13-6-7-15-12(16)11(14)9-17-8-10-4-2-1-3-5-10/h1-5,11H,7-9,14H2,(H,15,16). The van der Waals surface area contributed by atoms with Crippen LogP contribution < -0.4 is 11.1 Å². The predicted octanol–water partition coefficient (Wildman–Crippen LogP) is 0.887. The lowest BCUT2D eigenvalue weighted by Gasteiger charge is -2.10. The first-order valence-corrected chi connectivity index (χ1v) is 6.41. The Labute approximate surface area is 105 Å². The van der Waals surface area contributed by atoms with Crippen molar-refractivity contribution >= 4 is 17.7 Å². The molecule has 1 aromatic rings. The van der Waals surface area contributed by atoms with Gasteiger partial charge in [0.1, 0.15) is 6.54 Å². The molecule has 0 saturated carbocycles. The zero-order chi connectivity index (χ0) is 12.5. The van der Waals surface area contributed by atoms with Crippen molar-refractivity contribution in [2.45, 2.75) is 11.8 Å². The lowest BCUT2D eigenvalue weighted by molar-refractivity contribution is -0.121. The molecular weight excluding hydrogens is 234 g/mol. The molecule has 0 aliphatic heterocycles. The second kappa shape index (κ2) is 7.71. The van der Waals surface area contributed by atoms with E-state index in [2.05, 4.69) is 5.32 Å². The van der Waals surface area contributed by atoms with Gasteiger partial charge in [0, 0.05) is 11.5 Å². The van der Waals surface area contributed by atoms with E-state index in [1.165, 1.54) is 5.56 Å². The number of carbonyl (C=O) groups is 1. The summed E-state index contributed by atoms with van der Waals surface area (Å²) in [6.45, 7) is 0.00981. The van der Waals surface area contributed by atoms with E-state index in [1.54, 1.807) is 11.8 Å². The molecule has 0 aliphatic rings. The van der Waals surface area contributed by atoms with Gasteiger partial charge in [-0.3, -0.25) is 4.79 Å². The molecule has 4 nitrogen and oxygen atoms in total. The van der Waals surface area contributed by atoms with Gasteiger partial charge in [-0.05, 0) is 5.56 Å². The number of nitrogens with two attached hydrogens (primary N) is 1. The Balaban J connectivity index is 2.22. The van der Waals surface area contributed by atoms with E-state index in [-0.39, 0.29) is 12.5 Å². The van der Waals surface area contributed by atoms with Crippen LogP contribution in [-0.4, -0.2) is 24.2 Å². The van der Waals surface area contributed by atoms with E-state index in [9.17, 15) is 4.79 Å². The summed E-state index contributed by atoms with van der Waals surface area (Å²) in [5.74, 6) is 1.11. The van der Waals surface area contributed by atoms with Crippen LogP contribution >= 0.6 is 11.8 Å². The molecule has 0 heterocycles. The zero-order valence-electron chi connectivity index (χ0n) is 9.43. The van der Waals surface area contributed by atoms with Crippen molar-refractivity contribution in [1.29, 1.82) is 5.26 Å². The maximum Gasteiger partial charge on any atom is 0.238 e. The van der Waals surface area contributed by atoms with Gasteiger partial charge in [0.25, 0.3) is 0 Å². The number of thioether (sulfide) groups is 1. The molecule has 3 N–H and O–H groups in total. The number of nitrogens with one attached hydrogen (secondary N) is 1. The van der Waals surface area contributed by atoms with Crippen LogP contribution in [-0.2, 0) is 10.5 Å². The number of rotatable bonds is 6. The van der Waals surface area contributed by atoms with Gasteiger partial charge in [-0.2, -0.15) is 17.0 Å². The Morgan fingerprint density at radius 2 is 2.18 bits per heavy atom. The normalized spacial score (nSPS) is 11.5. The van der Waals surface area contributed by atoms with Crippen molar-refractivity contribution in [2.24, 2.45) is 5.73 Å². The third-order valence-electron chi connectivity index (χ3n) is 2.09. The number of nitrogens with zero attached hydrogens (tertiary/aromatic N) is 1. The monoisotopic (exact) mass is 249 g/mol. The van der Waals surface area contributed by atoms with Crippen molar-refractivity contribution in [2.75, 3.05) is 12.3 Å². The molecule has 17 heavy (non-hydrogen) atoms. The van der Waals surface area contributed by atoms with Crippen LogP contribution in [0.2, 0.25) is 0 Å². The van der Waals surface area contributed by atoms with Crippen LogP contribution in [0.5, 0.6) is 0 Å². The van der Waals surface area contributed by atoms with Crippen molar-refractivity contribution in [1.82, 2.24) is 5.32 Å². The summed E-state index contributed by atoms with van der Waals surface area (Å²) in [6.07, 6.45) is 0. The molecule has 0 aliphatic carbocycles. The highest BCUT2D eigenvalue weighted by molar-refractivity contribution is 7.98. The predicted molar refractivity (Wildman–Crippen MR) is 69.2 cm³/mol. The molecular formula is C12H15N3OS. The topological polar surface area (TPSA) is 78.9 Å². The summed E-state index contributed by atoms with van der Waals surface area (Å²) in [7, 11) is 0. The van der Waals surface area contributed by atoms with Gasteiger partial charge in [-0.25, -0.2) is 0 Å². The molecule has 0 fully saturated rings. The lowest BCUT2D eigenvalue weighted by Crippen LogP contribution is -2.42. The molecule has 1 amide bonds. The average Bonchev–Trinajstić information content (AvgIpc) is 2.37. The van der Waals surface area contributed by atoms with Crippen LogP contribution in [0.1, 0.15) is 5.56 Å². The van der Waals surface area contributed by atoms with Gasteiger partial charge in [0.05, 0.1) is 12.1 Å². The Morgan fingerprint density at radius 1 is 1.47 bits per heavy atom. The summed E-state index contributed by atoms with van der Waals surface area (Å²) in [6, 6.07) is 11.3. The van der Waals surface area contributed by atoms with E-state index in [0.29, 0.717) is 5.75 Å². The van der Waals surface area contributed by atoms with Gasteiger partial charge < -0.3 is 11.1 Å². The first-order chi connectivity index (χ1) is 8.24. The number of amides is 1. The fourth-order valence-electron chi connectivity index (χ4n) is 1.21. The SMILES string of the molecule is N#CCNC(=O)C(N)CSCc1ccccc1. The van der Waals surface area contributed by atoms with E-state index >= 15 is 0 Å². The maximum atomic E-state index is 11.3. The van der Waals surface area contributed by atoms with E-state index in [4.69, 9.17) is 11.0 Å². The first kappa shape index (κ1) is 13.6. The summed E-state index contributed by atoms with van der Waals surface area (Å²) < 4.78 is 0. The molecule has 1 atom stereocenters. The summed E-state index contributed by atoms with van der Waals surface area (Å²) in [4.78, 5) is 11.3. The Morgan fingerprint density at radius 3 is 2.82 bits per heavy atom. The van der Waals surface area contributed by atoms with Crippen molar-refractivity contribution in [3.63, 3.8) is 0 Å². The number of benzene rings is 1. The van der Waals surface area contributed by atoms with E-state index in [1.807, 2.05) is 36.4 Å². The molecule has 90 valence electrons. The smallest absolute Gasteiger partial charge is 0.238 e. The highest BCUT2D eigenvalue weighted by atomic mass is 32.2. The fraction of sp³-hybridized carbons (Fsp3) is 0.333. The molecule has 1 rings (SSSR count). The number of nitriles is 1. The van der Waals surface area contributed by atoms with E-state index in [0.717, 1.165) is 5.75 Å². The van der Waals surface area contributed by atoms with Crippen molar-refractivity contribution in [3.05, 3.63) is 35.9 Å². The molecule has 0 radical (unpaired) electrons. The van der Waals surface area contributed by atoms with Crippen LogP contribution in [0.4, 0.5) is 0 Å². The summed E-state index contributed by atoms with van der Waals surface area (Å²) in [5.41, 5.74) is 6.89. The molecule has 1 aromatic carbocycles. The average molecular weight is 249 g/mol. The van der Waals surface area contributed by atoms with Gasteiger partial charge in [0.2, 0.25) is 5.91 Å². The Kier molecular flexibility index (Phi) is 6.15.